The van der Waals surface area contributed by atoms with E-state index in [2.05, 4.69) is 243 Å². The van der Waals surface area contributed by atoms with Gasteiger partial charge >= 0.3 is 0 Å². The zero-order valence-corrected chi connectivity index (χ0v) is 35.1. The van der Waals surface area contributed by atoms with E-state index in [0.29, 0.717) is 0 Å². The Morgan fingerprint density at radius 3 is 1.22 bits per heavy atom. The van der Waals surface area contributed by atoms with Gasteiger partial charge in [-0.05, 0) is 174 Å². The summed E-state index contributed by atoms with van der Waals surface area (Å²) in [6.45, 7) is 0. The maximum absolute atomic E-state index is 2.43. The molecule has 0 spiro atoms. The Morgan fingerprint density at radius 2 is 0.594 bits per heavy atom. The van der Waals surface area contributed by atoms with Crippen LogP contribution in [0.15, 0.2) is 243 Å². The van der Waals surface area contributed by atoms with Gasteiger partial charge in [-0.2, -0.15) is 0 Å². The normalized spacial score (nSPS) is 11.8. The molecule has 0 atom stereocenters. The second-order valence-corrected chi connectivity index (χ2v) is 17.2. The topological polar surface area (TPSA) is 0 Å². The third-order valence-corrected chi connectivity index (χ3v) is 13.6. The Balaban J connectivity index is 0.978. The Hall–Kier alpha value is -8.32. The molecule has 0 nitrogen and oxygen atoms in total. The number of hydrogen-bond acceptors (Lipinski definition) is 0. The largest absolute Gasteiger partial charge is 0.0616 e. The van der Waals surface area contributed by atoms with E-state index >= 15 is 0 Å². The van der Waals surface area contributed by atoms with Crippen LogP contribution >= 0.6 is 0 Å². The summed E-state index contributed by atoms with van der Waals surface area (Å²) < 4.78 is 0. The quantitative estimate of drug-likeness (QED) is 0.120. The maximum atomic E-state index is 2.43. The van der Waals surface area contributed by atoms with E-state index in [9.17, 15) is 0 Å². The van der Waals surface area contributed by atoms with E-state index in [-0.39, 0.29) is 0 Å². The van der Waals surface area contributed by atoms with Crippen LogP contribution in [0.1, 0.15) is 0 Å². The predicted octanol–water partition coefficient (Wildman–Crippen LogP) is 18.1. The lowest BCUT2D eigenvalue weighted by Crippen LogP contribution is -1.90. The molecule has 0 heteroatoms. The highest BCUT2D eigenvalue weighted by Gasteiger charge is 2.17. The molecule has 0 radical (unpaired) electrons. The number of benzene rings is 13. The second-order valence-electron chi connectivity index (χ2n) is 17.2. The molecule has 0 aliphatic rings. The lowest BCUT2D eigenvalue weighted by atomic mass is 9.86. The van der Waals surface area contributed by atoms with Crippen LogP contribution in [0.5, 0.6) is 0 Å². The molecular weight excluding hydrogens is 769 g/mol. The van der Waals surface area contributed by atoms with Crippen molar-refractivity contribution in [3.63, 3.8) is 0 Å². The van der Waals surface area contributed by atoms with Crippen molar-refractivity contribution in [1.29, 1.82) is 0 Å². The molecule has 64 heavy (non-hydrogen) atoms. The van der Waals surface area contributed by atoms with Gasteiger partial charge in [-0.1, -0.05) is 200 Å². The van der Waals surface area contributed by atoms with Gasteiger partial charge in [0.1, 0.15) is 0 Å². The fourth-order valence-corrected chi connectivity index (χ4v) is 10.5. The molecule has 0 aliphatic carbocycles. The summed E-state index contributed by atoms with van der Waals surface area (Å²) in [5.41, 5.74) is 12.3. The van der Waals surface area contributed by atoms with Crippen molar-refractivity contribution in [2.24, 2.45) is 0 Å². The fourth-order valence-electron chi connectivity index (χ4n) is 10.5. The fraction of sp³-hybridized carbons (Fsp3) is 0. The smallest absolute Gasteiger partial charge is 0.00204 e. The minimum atomic E-state index is 1.20. The van der Waals surface area contributed by atoms with E-state index in [0.717, 1.165) is 0 Å². The van der Waals surface area contributed by atoms with Gasteiger partial charge in [0, 0.05) is 0 Å². The molecule has 13 aromatic carbocycles. The lowest BCUT2D eigenvalue weighted by molar-refractivity contribution is 1.62. The van der Waals surface area contributed by atoms with Crippen molar-refractivity contribution < 1.29 is 0 Å². The first-order valence-corrected chi connectivity index (χ1v) is 22.2. The SMILES string of the molecule is c1cc(-c2ccc3c(-c4cccc5ccccc45)c4cc(-c5cccc(-c6cc7ccccc7c7ccccc67)c5)ccc4cc3c2)cc(-c2cc3ccccc3c3ccccc23)c1. The van der Waals surface area contributed by atoms with Crippen molar-refractivity contribution in [2.45, 2.75) is 0 Å². The molecule has 296 valence electrons. The van der Waals surface area contributed by atoms with Crippen LogP contribution < -0.4 is 0 Å². The van der Waals surface area contributed by atoms with Crippen molar-refractivity contribution in [1.82, 2.24) is 0 Å². The summed E-state index contributed by atoms with van der Waals surface area (Å²) in [5, 5.41) is 17.7. The summed E-state index contributed by atoms with van der Waals surface area (Å²) >= 11 is 0. The highest BCUT2D eigenvalue weighted by atomic mass is 14.2. The van der Waals surface area contributed by atoms with Gasteiger partial charge in [-0.3, -0.25) is 0 Å². The molecule has 0 bridgehead atoms. The highest BCUT2D eigenvalue weighted by molar-refractivity contribution is 6.19. The number of rotatable bonds is 5. The van der Waals surface area contributed by atoms with Gasteiger partial charge in [0.2, 0.25) is 0 Å². The van der Waals surface area contributed by atoms with Gasteiger partial charge in [0.15, 0.2) is 0 Å². The lowest BCUT2D eigenvalue weighted by Gasteiger charge is -2.17. The van der Waals surface area contributed by atoms with Gasteiger partial charge in [0.25, 0.3) is 0 Å². The van der Waals surface area contributed by atoms with E-state index < -0.39 is 0 Å². The Bertz CT molecular complexity index is 4010. The average molecular weight is 809 g/mol. The standard InChI is InChI=1S/C64H40/c1-4-22-52-41(14-1)17-13-29-60(52)64-55-33-32-44(42-18-11-20-46(34-42)61-39-48-15-2-5-23-53(48)56-25-7-9-27-58(56)61)36-51(55)37-50-31-30-45(38-63(50)64)43-19-12-21-47(35-43)62-40-49-16-3-6-24-54(49)57-26-8-10-28-59(57)62/h1-40H. The number of hydrogen-bond donors (Lipinski definition) is 0. The van der Waals surface area contributed by atoms with Gasteiger partial charge in [-0.25, -0.2) is 0 Å². The third-order valence-electron chi connectivity index (χ3n) is 13.6. The second kappa shape index (κ2) is 14.7. The van der Waals surface area contributed by atoms with E-state index in [1.54, 1.807) is 0 Å². The molecule has 0 aliphatic heterocycles. The Kier molecular flexibility index (Phi) is 8.32. The van der Waals surface area contributed by atoms with Crippen molar-refractivity contribution in [2.75, 3.05) is 0 Å². The molecule has 0 unspecified atom stereocenters. The molecule has 0 amide bonds. The molecule has 13 rings (SSSR count). The molecule has 0 heterocycles. The van der Waals surface area contributed by atoms with E-state index in [1.807, 2.05) is 0 Å². The molecule has 0 aromatic heterocycles. The van der Waals surface area contributed by atoms with Crippen molar-refractivity contribution in [3.8, 4) is 55.6 Å². The maximum Gasteiger partial charge on any atom is -0.00204 e. The zero-order chi connectivity index (χ0) is 42.1. The van der Waals surface area contributed by atoms with Crippen molar-refractivity contribution in [3.05, 3.63) is 243 Å². The van der Waals surface area contributed by atoms with E-state index in [1.165, 1.54) is 131 Å². The van der Waals surface area contributed by atoms with Crippen LogP contribution in [-0.2, 0) is 0 Å². The summed E-state index contributed by atoms with van der Waals surface area (Å²) in [5.74, 6) is 0. The van der Waals surface area contributed by atoms with Gasteiger partial charge in [0.05, 0.1) is 0 Å². The molecule has 0 saturated heterocycles. The van der Waals surface area contributed by atoms with E-state index in [4.69, 9.17) is 0 Å². The molecule has 13 aromatic rings. The first kappa shape index (κ1) is 36.3. The van der Waals surface area contributed by atoms with Crippen LogP contribution in [0.3, 0.4) is 0 Å². The summed E-state index contributed by atoms with van der Waals surface area (Å²) in [6, 6.07) is 90.0. The first-order chi connectivity index (χ1) is 31.7. The summed E-state index contributed by atoms with van der Waals surface area (Å²) in [4.78, 5) is 0. The van der Waals surface area contributed by atoms with Crippen LogP contribution in [-0.4, -0.2) is 0 Å². The zero-order valence-electron chi connectivity index (χ0n) is 35.1. The van der Waals surface area contributed by atoms with Crippen molar-refractivity contribution >= 4 is 75.4 Å². The van der Waals surface area contributed by atoms with Gasteiger partial charge in [-0.15, -0.1) is 0 Å². The number of fused-ring (bicyclic) bond motifs is 9. The summed E-state index contributed by atoms with van der Waals surface area (Å²) in [6.07, 6.45) is 0. The third kappa shape index (κ3) is 5.92. The molecular formula is C64H40. The molecule has 0 saturated carbocycles. The highest BCUT2D eigenvalue weighted by Crippen LogP contribution is 2.44. The van der Waals surface area contributed by atoms with Crippen LogP contribution in [0.25, 0.3) is 131 Å². The molecule has 0 N–H and O–H groups in total. The Labute approximate surface area is 371 Å². The minimum Gasteiger partial charge on any atom is -0.0616 e. The summed E-state index contributed by atoms with van der Waals surface area (Å²) in [7, 11) is 0. The van der Waals surface area contributed by atoms with Crippen LogP contribution in [0.2, 0.25) is 0 Å². The monoisotopic (exact) mass is 808 g/mol. The average Bonchev–Trinajstić information content (AvgIpc) is 3.37. The Morgan fingerprint density at radius 1 is 0.156 bits per heavy atom. The van der Waals surface area contributed by atoms with Crippen LogP contribution in [0.4, 0.5) is 0 Å². The minimum absolute atomic E-state index is 1.20. The predicted molar refractivity (Wildman–Crippen MR) is 276 cm³/mol. The first-order valence-electron chi connectivity index (χ1n) is 22.2. The molecule has 0 fully saturated rings. The van der Waals surface area contributed by atoms with Gasteiger partial charge < -0.3 is 0 Å². The van der Waals surface area contributed by atoms with Crippen LogP contribution in [0, 0.1) is 0 Å².